The highest BCUT2D eigenvalue weighted by molar-refractivity contribution is 7.88. The fraction of sp³-hybridized carbons (Fsp3) is 1.00. The molecule has 0 aliphatic carbocycles. The molecule has 118 valence electrons. The first-order chi connectivity index (χ1) is 9.55. The van der Waals surface area contributed by atoms with Crippen LogP contribution in [0.1, 0.15) is 19.3 Å². The highest BCUT2D eigenvalue weighted by Gasteiger charge is 2.25. The van der Waals surface area contributed by atoms with Gasteiger partial charge >= 0.3 is 0 Å². The third-order valence-corrected chi connectivity index (χ3v) is 5.31. The average molecular weight is 305 g/mol. The van der Waals surface area contributed by atoms with E-state index in [2.05, 4.69) is 10.2 Å². The van der Waals surface area contributed by atoms with Crippen molar-refractivity contribution in [1.82, 2.24) is 14.5 Å². The number of hydrogen-bond acceptors (Lipinski definition) is 5. The zero-order valence-electron chi connectivity index (χ0n) is 12.4. The molecule has 2 aliphatic rings. The van der Waals surface area contributed by atoms with Crippen LogP contribution in [-0.4, -0.2) is 82.4 Å². The molecule has 0 saturated carbocycles. The molecular weight excluding hydrogens is 278 g/mol. The van der Waals surface area contributed by atoms with Crippen molar-refractivity contribution in [1.29, 1.82) is 0 Å². The van der Waals surface area contributed by atoms with Crippen LogP contribution in [0.3, 0.4) is 0 Å². The van der Waals surface area contributed by atoms with Crippen molar-refractivity contribution >= 4 is 10.0 Å². The van der Waals surface area contributed by atoms with Crippen LogP contribution in [0.5, 0.6) is 0 Å². The van der Waals surface area contributed by atoms with Gasteiger partial charge in [0.15, 0.2) is 0 Å². The Labute approximate surface area is 122 Å². The first-order valence-electron chi connectivity index (χ1n) is 7.54. The molecule has 0 aromatic rings. The molecular formula is C13H27N3O3S. The van der Waals surface area contributed by atoms with E-state index in [-0.39, 0.29) is 0 Å². The number of nitrogens with zero attached hydrogens (tertiary/aromatic N) is 2. The Morgan fingerprint density at radius 2 is 2.00 bits per heavy atom. The van der Waals surface area contributed by atoms with Gasteiger partial charge in [-0.25, -0.2) is 12.7 Å². The standard InChI is InChI=1S/C13H27N3O3S/c1-20(17,18)16-7-2-4-13(12-16)14-5-3-6-15-8-10-19-11-9-15/h13-14H,2-12H2,1H3. The molecule has 0 aromatic heterocycles. The third kappa shape index (κ3) is 5.29. The second kappa shape index (κ2) is 7.70. The first-order valence-corrected chi connectivity index (χ1v) is 9.39. The van der Waals surface area contributed by atoms with Gasteiger partial charge in [-0.05, 0) is 32.4 Å². The van der Waals surface area contributed by atoms with E-state index in [0.717, 1.165) is 58.7 Å². The molecule has 7 heteroatoms. The van der Waals surface area contributed by atoms with Crippen LogP contribution in [0.4, 0.5) is 0 Å². The quantitative estimate of drug-likeness (QED) is 0.684. The minimum absolute atomic E-state index is 0.308. The molecule has 2 saturated heterocycles. The Hall–Kier alpha value is -0.210. The van der Waals surface area contributed by atoms with Crippen molar-refractivity contribution in [3.05, 3.63) is 0 Å². The van der Waals surface area contributed by atoms with E-state index in [1.807, 2.05) is 0 Å². The summed E-state index contributed by atoms with van der Waals surface area (Å²) < 4.78 is 30.0. The van der Waals surface area contributed by atoms with Gasteiger partial charge in [0.05, 0.1) is 19.5 Å². The first kappa shape index (κ1) is 16.2. The summed E-state index contributed by atoms with van der Waals surface area (Å²) in [6.07, 6.45) is 4.43. The lowest BCUT2D eigenvalue weighted by Gasteiger charge is -2.32. The van der Waals surface area contributed by atoms with E-state index in [9.17, 15) is 8.42 Å². The van der Waals surface area contributed by atoms with Crippen LogP contribution in [0, 0.1) is 0 Å². The molecule has 2 rings (SSSR count). The van der Waals surface area contributed by atoms with Gasteiger partial charge in [0.1, 0.15) is 0 Å². The maximum atomic E-state index is 11.5. The van der Waals surface area contributed by atoms with Crippen molar-refractivity contribution in [2.45, 2.75) is 25.3 Å². The van der Waals surface area contributed by atoms with Crippen LogP contribution in [0.2, 0.25) is 0 Å². The lowest BCUT2D eigenvalue weighted by atomic mass is 10.1. The molecule has 0 bridgehead atoms. The summed E-state index contributed by atoms with van der Waals surface area (Å²) in [6.45, 7) is 7.11. The van der Waals surface area contributed by atoms with Crippen LogP contribution in [0.25, 0.3) is 0 Å². The van der Waals surface area contributed by atoms with Crippen LogP contribution in [0.15, 0.2) is 0 Å². The second-order valence-electron chi connectivity index (χ2n) is 5.72. The molecule has 6 nitrogen and oxygen atoms in total. The summed E-state index contributed by atoms with van der Waals surface area (Å²) >= 11 is 0. The van der Waals surface area contributed by atoms with Gasteiger partial charge < -0.3 is 10.1 Å². The van der Waals surface area contributed by atoms with E-state index in [0.29, 0.717) is 19.1 Å². The monoisotopic (exact) mass is 305 g/mol. The molecule has 1 unspecified atom stereocenters. The number of sulfonamides is 1. The molecule has 2 aliphatic heterocycles. The molecule has 1 atom stereocenters. The van der Waals surface area contributed by atoms with Gasteiger partial charge in [0.2, 0.25) is 10.0 Å². The number of rotatable bonds is 6. The molecule has 0 spiro atoms. The minimum atomic E-state index is -3.04. The van der Waals surface area contributed by atoms with Gasteiger partial charge in [-0.2, -0.15) is 0 Å². The molecule has 2 fully saturated rings. The van der Waals surface area contributed by atoms with Crippen molar-refractivity contribution in [2.24, 2.45) is 0 Å². The predicted octanol–water partition coefficient (Wildman–Crippen LogP) is -0.278. The van der Waals surface area contributed by atoms with Gasteiger partial charge in [0.25, 0.3) is 0 Å². The number of hydrogen-bond donors (Lipinski definition) is 1. The summed E-state index contributed by atoms with van der Waals surface area (Å²) in [4.78, 5) is 2.43. The molecule has 1 N–H and O–H groups in total. The summed E-state index contributed by atoms with van der Waals surface area (Å²) in [6, 6.07) is 0.308. The predicted molar refractivity (Wildman–Crippen MR) is 79.3 cm³/mol. The molecule has 20 heavy (non-hydrogen) atoms. The zero-order valence-corrected chi connectivity index (χ0v) is 13.2. The number of ether oxygens (including phenoxy) is 1. The summed E-state index contributed by atoms with van der Waals surface area (Å²) in [5.74, 6) is 0. The van der Waals surface area contributed by atoms with Crippen molar-refractivity contribution in [3.8, 4) is 0 Å². The Morgan fingerprint density at radius 1 is 1.25 bits per heavy atom. The fourth-order valence-corrected chi connectivity index (χ4v) is 3.76. The smallest absolute Gasteiger partial charge is 0.211 e. The van der Waals surface area contributed by atoms with Crippen molar-refractivity contribution in [2.75, 3.05) is 58.7 Å². The maximum absolute atomic E-state index is 11.5. The van der Waals surface area contributed by atoms with E-state index in [1.165, 1.54) is 6.26 Å². The molecule has 0 amide bonds. The summed E-state index contributed by atoms with van der Waals surface area (Å²) in [7, 11) is -3.04. The Balaban J connectivity index is 1.61. The van der Waals surface area contributed by atoms with Crippen molar-refractivity contribution in [3.63, 3.8) is 0 Å². The molecule has 0 radical (unpaired) electrons. The van der Waals surface area contributed by atoms with E-state index in [4.69, 9.17) is 4.74 Å². The second-order valence-corrected chi connectivity index (χ2v) is 7.70. The Morgan fingerprint density at radius 3 is 2.70 bits per heavy atom. The highest BCUT2D eigenvalue weighted by atomic mass is 32.2. The Kier molecular flexibility index (Phi) is 6.22. The third-order valence-electron chi connectivity index (χ3n) is 4.04. The topological polar surface area (TPSA) is 61.9 Å². The van der Waals surface area contributed by atoms with E-state index >= 15 is 0 Å². The van der Waals surface area contributed by atoms with E-state index < -0.39 is 10.0 Å². The summed E-state index contributed by atoms with van der Waals surface area (Å²) in [5, 5.41) is 3.50. The van der Waals surface area contributed by atoms with Crippen LogP contribution in [-0.2, 0) is 14.8 Å². The van der Waals surface area contributed by atoms with Crippen LogP contribution >= 0.6 is 0 Å². The van der Waals surface area contributed by atoms with E-state index in [1.54, 1.807) is 4.31 Å². The lowest BCUT2D eigenvalue weighted by Crippen LogP contribution is -2.48. The Bertz CT molecular complexity index is 382. The van der Waals surface area contributed by atoms with Gasteiger partial charge in [-0.3, -0.25) is 4.90 Å². The normalized spacial score (nSPS) is 26.8. The maximum Gasteiger partial charge on any atom is 0.211 e. The number of nitrogens with one attached hydrogen (secondary N) is 1. The lowest BCUT2D eigenvalue weighted by molar-refractivity contribution is 0.0373. The molecule has 2 heterocycles. The SMILES string of the molecule is CS(=O)(=O)N1CCCC(NCCCN2CCOCC2)C1. The number of piperidine rings is 1. The van der Waals surface area contributed by atoms with Gasteiger partial charge in [0, 0.05) is 32.2 Å². The summed E-state index contributed by atoms with van der Waals surface area (Å²) in [5.41, 5.74) is 0. The minimum Gasteiger partial charge on any atom is -0.379 e. The highest BCUT2D eigenvalue weighted by Crippen LogP contribution is 2.13. The zero-order chi connectivity index (χ0) is 14.4. The van der Waals surface area contributed by atoms with Gasteiger partial charge in [-0.1, -0.05) is 0 Å². The number of morpholine rings is 1. The van der Waals surface area contributed by atoms with Gasteiger partial charge in [-0.15, -0.1) is 0 Å². The molecule has 0 aromatic carbocycles. The van der Waals surface area contributed by atoms with Crippen LogP contribution < -0.4 is 5.32 Å². The fourth-order valence-electron chi connectivity index (χ4n) is 2.84. The largest absolute Gasteiger partial charge is 0.379 e. The van der Waals surface area contributed by atoms with Crippen molar-refractivity contribution < 1.29 is 13.2 Å². The average Bonchev–Trinajstić information content (AvgIpc) is 2.44.